The van der Waals surface area contributed by atoms with Gasteiger partial charge in [0, 0.05) is 13.6 Å². The van der Waals surface area contributed by atoms with Crippen molar-refractivity contribution in [2.45, 2.75) is 70.4 Å². The molecule has 0 aromatic rings. The molecule has 3 N–H and O–H groups in total. The lowest BCUT2D eigenvalue weighted by atomic mass is 9.69. The van der Waals surface area contributed by atoms with Gasteiger partial charge in [-0.1, -0.05) is 19.8 Å². The second-order valence-corrected chi connectivity index (χ2v) is 7.00. The van der Waals surface area contributed by atoms with Crippen molar-refractivity contribution >= 4 is 5.91 Å². The van der Waals surface area contributed by atoms with Crippen LogP contribution in [0.15, 0.2) is 0 Å². The minimum Gasteiger partial charge on any atom is -0.391 e. The molecule has 2 fully saturated rings. The van der Waals surface area contributed by atoms with E-state index in [1.807, 2.05) is 11.9 Å². The molecule has 0 spiro atoms. The third kappa shape index (κ3) is 3.01. The summed E-state index contributed by atoms with van der Waals surface area (Å²) in [6, 6.07) is -0.0148. The Morgan fingerprint density at radius 3 is 2.40 bits per heavy atom. The number of rotatable bonds is 3. The fourth-order valence-electron chi connectivity index (χ4n) is 3.89. The van der Waals surface area contributed by atoms with Gasteiger partial charge >= 0.3 is 0 Å². The van der Waals surface area contributed by atoms with E-state index in [1.54, 1.807) is 0 Å². The highest BCUT2D eigenvalue weighted by Crippen LogP contribution is 2.40. The average Bonchev–Trinajstić information content (AvgIpc) is 2.47. The van der Waals surface area contributed by atoms with Gasteiger partial charge in [-0.2, -0.15) is 0 Å². The van der Waals surface area contributed by atoms with E-state index in [0.717, 1.165) is 51.4 Å². The summed E-state index contributed by atoms with van der Waals surface area (Å²) >= 11 is 0. The molecule has 2 unspecified atom stereocenters. The maximum atomic E-state index is 12.9. The molecule has 4 heteroatoms. The number of nitrogens with zero attached hydrogens (tertiary/aromatic N) is 1. The first kappa shape index (κ1) is 15.8. The van der Waals surface area contributed by atoms with Crippen molar-refractivity contribution in [3.05, 3.63) is 0 Å². The molecule has 2 atom stereocenters. The summed E-state index contributed by atoms with van der Waals surface area (Å²) in [7, 11) is 1.86. The Morgan fingerprint density at radius 1 is 1.25 bits per heavy atom. The second kappa shape index (κ2) is 6.44. The van der Waals surface area contributed by atoms with Gasteiger partial charge in [0.25, 0.3) is 0 Å². The van der Waals surface area contributed by atoms with E-state index in [0.29, 0.717) is 12.5 Å². The summed E-state index contributed by atoms with van der Waals surface area (Å²) in [5.41, 5.74) is 5.60. The van der Waals surface area contributed by atoms with Gasteiger partial charge in [-0.05, 0) is 44.4 Å². The van der Waals surface area contributed by atoms with Crippen LogP contribution >= 0.6 is 0 Å². The Labute approximate surface area is 122 Å². The Kier molecular flexibility index (Phi) is 5.08. The number of aliphatic hydroxyl groups is 1. The first-order valence-corrected chi connectivity index (χ1v) is 8.15. The second-order valence-electron chi connectivity index (χ2n) is 7.00. The lowest BCUT2D eigenvalue weighted by Gasteiger charge is -2.43. The summed E-state index contributed by atoms with van der Waals surface area (Å²) in [6.07, 6.45) is 7.51. The van der Waals surface area contributed by atoms with Crippen LogP contribution in [0.2, 0.25) is 0 Å². The number of likely N-dealkylation sites (N-methyl/N-ethyl adjacent to an activating group) is 1. The highest BCUT2D eigenvalue weighted by Gasteiger charge is 2.43. The molecule has 0 bridgehead atoms. The molecule has 0 aliphatic heterocycles. The maximum absolute atomic E-state index is 12.9. The van der Waals surface area contributed by atoms with Crippen molar-refractivity contribution in [1.82, 2.24) is 4.90 Å². The molecule has 0 aromatic carbocycles. The number of carbonyl (C=O) groups excluding carboxylic acids is 1. The van der Waals surface area contributed by atoms with E-state index >= 15 is 0 Å². The quantitative estimate of drug-likeness (QED) is 0.831. The summed E-state index contributed by atoms with van der Waals surface area (Å²) < 4.78 is 0. The third-order valence-electron chi connectivity index (χ3n) is 5.59. The van der Waals surface area contributed by atoms with Crippen LogP contribution in [0.5, 0.6) is 0 Å². The van der Waals surface area contributed by atoms with Crippen LogP contribution in [0.1, 0.15) is 58.3 Å². The van der Waals surface area contributed by atoms with Crippen molar-refractivity contribution in [3.8, 4) is 0 Å². The summed E-state index contributed by atoms with van der Waals surface area (Å²) in [6.45, 7) is 2.69. The summed E-state index contributed by atoms with van der Waals surface area (Å²) in [5, 5.41) is 10.2. The van der Waals surface area contributed by atoms with Gasteiger partial charge in [0.05, 0.1) is 17.6 Å². The van der Waals surface area contributed by atoms with Crippen molar-refractivity contribution < 1.29 is 9.90 Å². The number of aliphatic hydroxyl groups excluding tert-OH is 1. The zero-order valence-electron chi connectivity index (χ0n) is 13.0. The van der Waals surface area contributed by atoms with Crippen LogP contribution in [0, 0.1) is 11.3 Å². The number of nitrogens with two attached hydrogens (primary N) is 1. The molecule has 0 aromatic heterocycles. The highest BCUT2D eigenvalue weighted by atomic mass is 16.3. The topological polar surface area (TPSA) is 66.6 Å². The van der Waals surface area contributed by atoms with Crippen molar-refractivity contribution in [3.63, 3.8) is 0 Å². The molecular weight excluding hydrogens is 252 g/mol. The molecule has 2 rings (SSSR count). The molecule has 20 heavy (non-hydrogen) atoms. The SMILES string of the molecule is CC1CCC(CN)(C(=O)N(C)C2CCCCC2O)CC1. The summed E-state index contributed by atoms with van der Waals surface area (Å²) in [4.78, 5) is 14.7. The van der Waals surface area contributed by atoms with Crippen LogP contribution in [0.4, 0.5) is 0 Å². The fraction of sp³-hybridized carbons (Fsp3) is 0.938. The van der Waals surface area contributed by atoms with Gasteiger partial charge < -0.3 is 15.7 Å². The highest BCUT2D eigenvalue weighted by molar-refractivity contribution is 5.83. The fourth-order valence-corrected chi connectivity index (χ4v) is 3.89. The lowest BCUT2D eigenvalue weighted by molar-refractivity contribution is -0.148. The van der Waals surface area contributed by atoms with E-state index < -0.39 is 0 Å². The number of amides is 1. The van der Waals surface area contributed by atoms with Gasteiger partial charge in [0.2, 0.25) is 5.91 Å². The van der Waals surface area contributed by atoms with Crippen LogP contribution in [0.3, 0.4) is 0 Å². The van der Waals surface area contributed by atoms with Gasteiger partial charge in [-0.25, -0.2) is 0 Å². The monoisotopic (exact) mass is 282 g/mol. The van der Waals surface area contributed by atoms with Gasteiger partial charge in [-0.15, -0.1) is 0 Å². The number of carbonyl (C=O) groups is 1. The van der Waals surface area contributed by atoms with E-state index in [1.165, 1.54) is 0 Å². The number of hydrogen-bond acceptors (Lipinski definition) is 3. The Bertz CT molecular complexity index is 337. The molecular formula is C16H30N2O2. The first-order chi connectivity index (χ1) is 9.50. The molecule has 2 saturated carbocycles. The third-order valence-corrected chi connectivity index (χ3v) is 5.59. The van der Waals surface area contributed by atoms with Crippen LogP contribution in [0.25, 0.3) is 0 Å². The van der Waals surface area contributed by atoms with Crippen molar-refractivity contribution in [2.24, 2.45) is 17.1 Å². The van der Waals surface area contributed by atoms with Gasteiger partial charge in [0.15, 0.2) is 0 Å². The first-order valence-electron chi connectivity index (χ1n) is 8.15. The molecule has 2 aliphatic rings. The molecule has 4 nitrogen and oxygen atoms in total. The van der Waals surface area contributed by atoms with E-state index in [-0.39, 0.29) is 23.5 Å². The average molecular weight is 282 g/mol. The van der Waals surface area contributed by atoms with Crippen molar-refractivity contribution in [1.29, 1.82) is 0 Å². The Morgan fingerprint density at radius 2 is 1.85 bits per heavy atom. The predicted octanol–water partition coefficient (Wildman–Crippen LogP) is 1.90. The maximum Gasteiger partial charge on any atom is 0.230 e. The largest absolute Gasteiger partial charge is 0.391 e. The zero-order valence-corrected chi connectivity index (χ0v) is 13.0. The zero-order chi connectivity index (χ0) is 14.8. The minimum atomic E-state index is -0.377. The van der Waals surface area contributed by atoms with Crippen LogP contribution in [-0.4, -0.2) is 41.7 Å². The predicted molar refractivity (Wildman–Crippen MR) is 80.2 cm³/mol. The molecule has 2 aliphatic carbocycles. The Balaban J connectivity index is 2.07. The molecule has 1 amide bonds. The number of hydrogen-bond donors (Lipinski definition) is 2. The van der Waals surface area contributed by atoms with E-state index in [4.69, 9.17) is 5.73 Å². The molecule has 116 valence electrons. The molecule has 0 radical (unpaired) electrons. The summed E-state index contributed by atoms with van der Waals surface area (Å²) in [5.74, 6) is 0.867. The van der Waals surface area contributed by atoms with Crippen LogP contribution < -0.4 is 5.73 Å². The Hall–Kier alpha value is -0.610. The normalized spacial score (nSPS) is 38.5. The van der Waals surface area contributed by atoms with Crippen LogP contribution in [-0.2, 0) is 4.79 Å². The van der Waals surface area contributed by atoms with Gasteiger partial charge in [0.1, 0.15) is 0 Å². The van der Waals surface area contributed by atoms with E-state index in [2.05, 4.69) is 6.92 Å². The van der Waals surface area contributed by atoms with Gasteiger partial charge in [-0.3, -0.25) is 4.79 Å². The molecule has 0 saturated heterocycles. The minimum absolute atomic E-state index is 0.0148. The van der Waals surface area contributed by atoms with E-state index in [9.17, 15) is 9.90 Å². The lowest BCUT2D eigenvalue weighted by Crippen LogP contribution is -2.54. The smallest absolute Gasteiger partial charge is 0.230 e. The molecule has 0 heterocycles. The van der Waals surface area contributed by atoms with Crippen molar-refractivity contribution in [2.75, 3.05) is 13.6 Å². The standard InChI is InChI=1S/C16H30N2O2/c1-12-7-9-16(11-17,10-8-12)15(20)18(2)13-5-3-4-6-14(13)19/h12-14,19H,3-11,17H2,1-2H3.